The Balaban J connectivity index is 1.44. The maximum atomic E-state index is 13.2. The molecule has 0 radical (unpaired) electrons. The minimum atomic E-state index is -0.375. The van der Waals surface area contributed by atoms with Crippen LogP contribution < -0.4 is 10.6 Å². The summed E-state index contributed by atoms with van der Waals surface area (Å²) >= 11 is 0. The Kier molecular flexibility index (Phi) is 8.07. The van der Waals surface area contributed by atoms with Gasteiger partial charge in [-0.1, -0.05) is 91.0 Å². The second-order valence-electron chi connectivity index (χ2n) is 8.64. The fourth-order valence-corrected chi connectivity index (χ4v) is 4.51. The maximum Gasteiger partial charge on any atom is 0.238 e. The molecule has 1 heterocycles. The Labute approximate surface area is 201 Å². The fraction of sp³-hybridized carbons (Fsp3) is 0.286. The average molecular weight is 457 g/mol. The number of amides is 2. The van der Waals surface area contributed by atoms with E-state index >= 15 is 0 Å². The first-order valence-corrected chi connectivity index (χ1v) is 11.7. The van der Waals surface area contributed by atoms with Crippen LogP contribution in [0.4, 0.5) is 0 Å². The van der Waals surface area contributed by atoms with E-state index in [9.17, 15) is 9.59 Å². The Morgan fingerprint density at radius 3 is 1.97 bits per heavy atom. The maximum absolute atomic E-state index is 13.2. The Morgan fingerprint density at radius 1 is 0.853 bits per heavy atom. The molecule has 1 aliphatic rings. The van der Waals surface area contributed by atoms with Crippen molar-refractivity contribution in [3.05, 3.63) is 108 Å². The predicted molar refractivity (Wildman–Crippen MR) is 134 cm³/mol. The number of hydrogen-bond acceptors (Lipinski definition) is 4. The normalized spacial score (nSPS) is 16.8. The molecule has 2 N–H and O–H groups in total. The molecular formula is C28H32N4O2. The van der Waals surface area contributed by atoms with Crippen LogP contribution in [0.15, 0.2) is 91.0 Å². The second kappa shape index (κ2) is 11.6. The quantitative estimate of drug-likeness (QED) is 0.547. The van der Waals surface area contributed by atoms with Gasteiger partial charge in [-0.05, 0) is 16.7 Å². The molecule has 0 aromatic heterocycles. The molecule has 1 saturated heterocycles. The van der Waals surface area contributed by atoms with E-state index in [0.29, 0.717) is 13.1 Å². The first-order chi connectivity index (χ1) is 16.6. The van der Waals surface area contributed by atoms with Crippen LogP contribution in [-0.2, 0) is 16.1 Å². The molecule has 1 atom stereocenters. The number of likely N-dealkylation sites (N-methyl/N-ethyl adjacent to an activating group) is 1. The van der Waals surface area contributed by atoms with Crippen LogP contribution >= 0.6 is 0 Å². The third kappa shape index (κ3) is 6.10. The molecule has 0 saturated carbocycles. The number of carbonyl (C=O) groups excluding carboxylic acids is 2. The summed E-state index contributed by atoms with van der Waals surface area (Å²) in [6.07, 6.45) is 0. The third-order valence-corrected chi connectivity index (χ3v) is 6.29. The highest BCUT2D eigenvalue weighted by molar-refractivity contribution is 5.84. The van der Waals surface area contributed by atoms with Crippen molar-refractivity contribution in [2.45, 2.75) is 18.6 Å². The Morgan fingerprint density at radius 2 is 1.41 bits per heavy atom. The minimum absolute atomic E-state index is 0.0618. The molecule has 2 amide bonds. The zero-order valence-electron chi connectivity index (χ0n) is 19.6. The molecule has 3 aromatic carbocycles. The summed E-state index contributed by atoms with van der Waals surface area (Å²) in [6, 6.07) is 29.6. The smallest absolute Gasteiger partial charge is 0.238 e. The lowest BCUT2D eigenvalue weighted by molar-refractivity contribution is -0.131. The van der Waals surface area contributed by atoms with Gasteiger partial charge in [-0.25, -0.2) is 0 Å². The van der Waals surface area contributed by atoms with E-state index < -0.39 is 0 Å². The van der Waals surface area contributed by atoms with E-state index in [1.54, 1.807) is 7.05 Å². The van der Waals surface area contributed by atoms with E-state index in [1.807, 2.05) is 83.8 Å². The number of hydrogen-bond donors (Lipinski definition) is 2. The molecule has 1 fully saturated rings. The van der Waals surface area contributed by atoms with Gasteiger partial charge in [0.1, 0.15) is 6.04 Å². The zero-order chi connectivity index (χ0) is 23.8. The summed E-state index contributed by atoms with van der Waals surface area (Å²) in [5, 5.41) is 5.98. The molecule has 0 unspecified atom stereocenters. The van der Waals surface area contributed by atoms with Crippen LogP contribution in [0.3, 0.4) is 0 Å². The minimum Gasteiger partial charge on any atom is -0.358 e. The molecule has 6 heteroatoms. The van der Waals surface area contributed by atoms with Crippen molar-refractivity contribution in [1.82, 2.24) is 20.4 Å². The van der Waals surface area contributed by atoms with E-state index in [1.165, 1.54) is 5.56 Å². The summed E-state index contributed by atoms with van der Waals surface area (Å²) < 4.78 is 0. The van der Waals surface area contributed by atoms with Crippen LogP contribution in [0, 0.1) is 0 Å². The third-order valence-electron chi connectivity index (χ3n) is 6.29. The highest BCUT2D eigenvalue weighted by Gasteiger charge is 2.33. The van der Waals surface area contributed by atoms with Gasteiger partial charge in [0.15, 0.2) is 0 Å². The molecule has 34 heavy (non-hydrogen) atoms. The lowest BCUT2D eigenvalue weighted by Crippen LogP contribution is -2.60. The van der Waals surface area contributed by atoms with Gasteiger partial charge in [-0.15, -0.1) is 0 Å². The van der Waals surface area contributed by atoms with Crippen molar-refractivity contribution >= 4 is 11.8 Å². The first-order valence-electron chi connectivity index (χ1n) is 11.7. The number of benzene rings is 3. The van der Waals surface area contributed by atoms with Gasteiger partial charge in [-0.3, -0.25) is 19.4 Å². The first kappa shape index (κ1) is 23.7. The molecule has 4 rings (SSSR count). The zero-order valence-corrected chi connectivity index (χ0v) is 19.6. The van der Waals surface area contributed by atoms with Gasteiger partial charge < -0.3 is 10.6 Å². The molecule has 0 bridgehead atoms. The standard InChI is InChI=1S/C28H32N4O2/c1-29-28(34)25-20-31(19-22-11-5-2-6-12-22)17-18-32(25)21-26(33)30-27(23-13-7-3-8-14-23)24-15-9-4-10-16-24/h2-16,25,27H,17-21H2,1H3,(H,29,34)(H,30,33)/t25-/m0/s1. The van der Waals surface area contributed by atoms with Crippen molar-refractivity contribution in [1.29, 1.82) is 0 Å². The van der Waals surface area contributed by atoms with Crippen molar-refractivity contribution in [2.75, 3.05) is 33.2 Å². The highest BCUT2D eigenvalue weighted by Crippen LogP contribution is 2.22. The van der Waals surface area contributed by atoms with Gasteiger partial charge in [0.25, 0.3) is 0 Å². The Bertz CT molecular complexity index is 1020. The second-order valence-corrected chi connectivity index (χ2v) is 8.64. The summed E-state index contributed by atoms with van der Waals surface area (Å²) in [6.45, 7) is 3.00. The van der Waals surface area contributed by atoms with Gasteiger partial charge in [-0.2, -0.15) is 0 Å². The van der Waals surface area contributed by atoms with E-state index in [0.717, 1.165) is 24.2 Å². The number of piperazine rings is 1. The lowest BCUT2D eigenvalue weighted by Gasteiger charge is -2.40. The van der Waals surface area contributed by atoms with Crippen LogP contribution in [-0.4, -0.2) is 60.9 Å². The van der Waals surface area contributed by atoms with Crippen LogP contribution in [0.5, 0.6) is 0 Å². The van der Waals surface area contributed by atoms with Crippen molar-refractivity contribution in [3.8, 4) is 0 Å². The highest BCUT2D eigenvalue weighted by atomic mass is 16.2. The van der Waals surface area contributed by atoms with Gasteiger partial charge >= 0.3 is 0 Å². The van der Waals surface area contributed by atoms with Gasteiger partial charge in [0, 0.05) is 33.2 Å². The van der Waals surface area contributed by atoms with Crippen molar-refractivity contribution in [2.24, 2.45) is 0 Å². The Hall–Kier alpha value is -3.48. The monoisotopic (exact) mass is 456 g/mol. The lowest BCUT2D eigenvalue weighted by atomic mass is 9.98. The summed E-state index contributed by atoms with van der Waals surface area (Å²) in [7, 11) is 1.65. The number of carbonyl (C=O) groups is 2. The largest absolute Gasteiger partial charge is 0.358 e. The van der Waals surface area contributed by atoms with Crippen molar-refractivity contribution in [3.63, 3.8) is 0 Å². The van der Waals surface area contributed by atoms with Crippen LogP contribution in [0.25, 0.3) is 0 Å². The average Bonchev–Trinajstić information content (AvgIpc) is 2.89. The molecule has 176 valence electrons. The molecule has 0 aliphatic carbocycles. The van der Waals surface area contributed by atoms with Crippen molar-refractivity contribution < 1.29 is 9.59 Å². The van der Waals surface area contributed by atoms with Crippen LogP contribution in [0.2, 0.25) is 0 Å². The number of rotatable bonds is 8. The molecule has 3 aromatic rings. The summed E-state index contributed by atoms with van der Waals surface area (Å²) in [5.41, 5.74) is 3.27. The number of nitrogens with one attached hydrogen (secondary N) is 2. The number of nitrogens with zero attached hydrogens (tertiary/aromatic N) is 2. The fourth-order valence-electron chi connectivity index (χ4n) is 4.51. The molecule has 6 nitrogen and oxygen atoms in total. The van der Waals surface area contributed by atoms with E-state index in [2.05, 4.69) is 27.7 Å². The molecule has 1 aliphatic heterocycles. The van der Waals surface area contributed by atoms with Gasteiger partial charge in [0.2, 0.25) is 11.8 Å². The van der Waals surface area contributed by atoms with E-state index in [4.69, 9.17) is 0 Å². The predicted octanol–water partition coefficient (Wildman–Crippen LogP) is 2.82. The summed E-state index contributed by atoms with van der Waals surface area (Å²) in [5.74, 6) is -0.156. The van der Waals surface area contributed by atoms with Crippen LogP contribution in [0.1, 0.15) is 22.7 Å². The van der Waals surface area contributed by atoms with E-state index in [-0.39, 0.29) is 30.4 Å². The van der Waals surface area contributed by atoms with Gasteiger partial charge in [0.05, 0.1) is 12.6 Å². The topological polar surface area (TPSA) is 64.7 Å². The molecule has 0 spiro atoms. The summed E-state index contributed by atoms with van der Waals surface area (Å²) in [4.78, 5) is 30.2. The molecular weight excluding hydrogens is 424 g/mol. The SMILES string of the molecule is CNC(=O)[C@@H]1CN(Cc2ccccc2)CCN1CC(=O)NC(c1ccccc1)c1ccccc1.